The smallest absolute Gasteiger partial charge is 0.331 e. The Morgan fingerprint density at radius 2 is 2.05 bits per heavy atom. The first-order valence-corrected chi connectivity index (χ1v) is 6.25. The third-order valence-electron chi connectivity index (χ3n) is 3.20. The lowest BCUT2D eigenvalue weighted by Gasteiger charge is -2.28. The number of nitrogens with zero attached hydrogens (tertiary/aromatic N) is 6. The minimum absolute atomic E-state index is 0.132. The molecule has 1 aliphatic heterocycles. The van der Waals surface area contributed by atoms with Gasteiger partial charge in [0.15, 0.2) is 5.82 Å². The number of aromatic nitrogens is 5. The van der Waals surface area contributed by atoms with Crippen molar-refractivity contribution in [2.75, 3.05) is 11.4 Å². The van der Waals surface area contributed by atoms with E-state index >= 15 is 0 Å². The van der Waals surface area contributed by atoms with E-state index in [1.807, 2.05) is 0 Å². The maximum Gasteiger partial charge on any atom is 0.451 e. The van der Waals surface area contributed by atoms with E-state index in [1.54, 1.807) is 17.2 Å². The number of rotatable bonds is 2. The van der Waals surface area contributed by atoms with Crippen LogP contribution in [0.2, 0.25) is 0 Å². The molecule has 112 valence electrons. The Morgan fingerprint density at radius 3 is 2.76 bits per heavy atom. The van der Waals surface area contributed by atoms with Crippen molar-refractivity contribution in [3.63, 3.8) is 0 Å². The van der Waals surface area contributed by atoms with Crippen molar-refractivity contribution in [2.45, 2.75) is 25.8 Å². The maximum absolute atomic E-state index is 12.8. The van der Waals surface area contributed by atoms with Gasteiger partial charge in [0.1, 0.15) is 0 Å². The molecule has 2 aromatic rings. The number of alkyl halides is 3. The van der Waals surface area contributed by atoms with Crippen molar-refractivity contribution in [1.82, 2.24) is 24.7 Å². The normalized spacial score (nSPS) is 15.1. The third-order valence-corrected chi connectivity index (χ3v) is 3.20. The molecule has 1 aliphatic rings. The molecule has 7 nitrogen and oxygen atoms in total. The molecule has 0 unspecified atom stereocenters. The monoisotopic (exact) mass is 299 g/mol. The molecular formula is C11H12F3N7. The van der Waals surface area contributed by atoms with Crippen LogP contribution < -0.4 is 10.6 Å². The van der Waals surface area contributed by atoms with Gasteiger partial charge < -0.3 is 15.2 Å². The molecule has 0 aromatic carbocycles. The van der Waals surface area contributed by atoms with Crippen LogP contribution in [0.5, 0.6) is 0 Å². The van der Waals surface area contributed by atoms with Crippen molar-refractivity contribution in [2.24, 2.45) is 5.73 Å². The van der Waals surface area contributed by atoms with Crippen molar-refractivity contribution >= 4 is 5.95 Å². The van der Waals surface area contributed by atoms with Gasteiger partial charge >= 0.3 is 6.18 Å². The highest BCUT2D eigenvalue weighted by Crippen LogP contribution is 2.29. The van der Waals surface area contributed by atoms with Crippen LogP contribution in [0, 0.1) is 0 Å². The van der Waals surface area contributed by atoms with Crippen molar-refractivity contribution in [3.8, 4) is 0 Å². The molecule has 0 spiro atoms. The molecule has 21 heavy (non-hydrogen) atoms. The van der Waals surface area contributed by atoms with Gasteiger partial charge in [0.25, 0.3) is 0 Å². The first-order valence-electron chi connectivity index (χ1n) is 6.25. The summed E-state index contributed by atoms with van der Waals surface area (Å²) in [5.74, 6) is -0.287. The van der Waals surface area contributed by atoms with Gasteiger partial charge in [-0.1, -0.05) is 0 Å². The molecule has 0 radical (unpaired) electrons. The molecule has 0 amide bonds. The van der Waals surface area contributed by atoms with E-state index in [1.165, 1.54) is 0 Å². The first-order chi connectivity index (χ1) is 9.99. The van der Waals surface area contributed by atoms with Crippen LogP contribution in [0.4, 0.5) is 19.1 Å². The summed E-state index contributed by atoms with van der Waals surface area (Å²) >= 11 is 0. The average Bonchev–Trinajstić information content (AvgIpc) is 2.90. The zero-order chi connectivity index (χ0) is 15.0. The van der Waals surface area contributed by atoms with E-state index in [0.717, 1.165) is 4.57 Å². The summed E-state index contributed by atoms with van der Waals surface area (Å²) in [5.41, 5.74) is 6.19. The molecule has 0 saturated heterocycles. The highest BCUT2D eigenvalue weighted by molar-refractivity contribution is 5.32. The summed E-state index contributed by atoms with van der Waals surface area (Å²) in [6.07, 6.45) is -2.92. The van der Waals surface area contributed by atoms with Gasteiger partial charge in [0.05, 0.1) is 12.2 Å². The molecule has 0 saturated carbocycles. The summed E-state index contributed by atoms with van der Waals surface area (Å²) in [6.45, 7) is 0.935. The van der Waals surface area contributed by atoms with Crippen molar-refractivity contribution in [1.29, 1.82) is 0 Å². The van der Waals surface area contributed by atoms with Crippen molar-refractivity contribution in [3.05, 3.63) is 29.6 Å². The Bertz CT molecular complexity index is 652. The molecule has 2 N–H and O–H groups in total. The summed E-state index contributed by atoms with van der Waals surface area (Å²) < 4.78 is 39.3. The van der Waals surface area contributed by atoms with E-state index in [9.17, 15) is 13.2 Å². The number of fused-ring (bicyclic) bond motifs is 1. The van der Waals surface area contributed by atoms with E-state index < -0.39 is 12.0 Å². The summed E-state index contributed by atoms with van der Waals surface area (Å²) in [4.78, 5) is 10.1. The molecular weight excluding hydrogens is 287 g/mol. The molecule has 3 rings (SSSR count). The van der Waals surface area contributed by atoms with Crippen LogP contribution in [-0.2, 0) is 25.8 Å². The second-order valence-electron chi connectivity index (χ2n) is 4.56. The number of nitrogens with two attached hydrogens (primary N) is 1. The van der Waals surface area contributed by atoms with Gasteiger partial charge in [0.2, 0.25) is 11.8 Å². The molecule has 0 atom stereocenters. The van der Waals surface area contributed by atoms with E-state index in [4.69, 9.17) is 5.73 Å². The number of hydrogen-bond donors (Lipinski definition) is 1. The van der Waals surface area contributed by atoms with Crippen LogP contribution in [0.25, 0.3) is 0 Å². The van der Waals surface area contributed by atoms with E-state index in [0.29, 0.717) is 18.2 Å². The average molecular weight is 299 g/mol. The number of hydrogen-bond acceptors (Lipinski definition) is 6. The standard InChI is InChI=1S/C11H12F3N7/c12-11(13,14)9-19-18-8-6-20(3-4-21(8)9)10-16-2-1-7(5-15)17-10/h1-2H,3-6,15H2. The quantitative estimate of drug-likeness (QED) is 0.872. The van der Waals surface area contributed by atoms with E-state index in [-0.39, 0.29) is 25.5 Å². The zero-order valence-electron chi connectivity index (χ0n) is 10.9. The zero-order valence-corrected chi connectivity index (χ0v) is 10.9. The molecule has 0 fully saturated rings. The predicted octanol–water partition coefficient (Wildman–Crippen LogP) is 0.566. The summed E-state index contributed by atoms with van der Waals surface area (Å²) in [7, 11) is 0. The Hall–Kier alpha value is -2.23. The Morgan fingerprint density at radius 1 is 1.24 bits per heavy atom. The SMILES string of the molecule is NCc1ccnc(N2CCn3c(nnc3C(F)(F)F)C2)n1. The van der Waals surface area contributed by atoms with Gasteiger partial charge in [-0.3, -0.25) is 0 Å². The van der Waals surface area contributed by atoms with Crippen LogP contribution in [0.3, 0.4) is 0 Å². The Balaban J connectivity index is 1.86. The molecule has 0 aliphatic carbocycles. The second-order valence-corrected chi connectivity index (χ2v) is 4.56. The lowest BCUT2D eigenvalue weighted by molar-refractivity contribution is -0.147. The lowest BCUT2D eigenvalue weighted by atomic mass is 10.3. The van der Waals surface area contributed by atoms with E-state index in [2.05, 4.69) is 20.2 Å². The molecule has 3 heterocycles. The fourth-order valence-electron chi connectivity index (χ4n) is 2.19. The van der Waals surface area contributed by atoms with Crippen LogP contribution >= 0.6 is 0 Å². The number of halogens is 3. The lowest BCUT2D eigenvalue weighted by Crippen LogP contribution is -2.36. The fraction of sp³-hybridized carbons (Fsp3) is 0.455. The summed E-state index contributed by atoms with van der Waals surface area (Å²) in [5, 5.41) is 6.84. The maximum atomic E-state index is 12.8. The minimum atomic E-state index is -4.50. The minimum Gasteiger partial charge on any atom is -0.331 e. The van der Waals surface area contributed by atoms with Gasteiger partial charge in [-0.05, 0) is 6.07 Å². The first kappa shape index (κ1) is 13.7. The Labute approximate surface area is 117 Å². The van der Waals surface area contributed by atoms with Crippen molar-refractivity contribution < 1.29 is 13.2 Å². The van der Waals surface area contributed by atoms with Crippen LogP contribution in [-0.4, -0.2) is 31.3 Å². The predicted molar refractivity (Wildman–Crippen MR) is 66.0 cm³/mol. The van der Waals surface area contributed by atoms with Gasteiger partial charge in [0, 0.05) is 25.8 Å². The molecule has 0 bridgehead atoms. The van der Waals surface area contributed by atoms with Gasteiger partial charge in [-0.2, -0.15) is 13.2 Å². The van der Waals surface area contributed by atoms with Crippen LogP contribution in [0.15, 0.2) is 12.3 Å². The molecule has 2 aromatic heterocycles. The van der Waals surface area contributed by atoms with Gasteiger partial charge in [-0.25, -0.2) is 9.97 Å². The number of anilines is 1. The topological polar surface area (TPSA) is 85.8 Å². The summed E-state index contributed by atoms with van der Waals surface area (Å²) in [6, 6.07) is 1.69. The largest absolute Gasteiger partial charge is 0.451 e. The van der Waals surface area contributed by atoms with Gasteiger partial charge in [-0.15, -0.1) is 10.2 Å². The second kappa shape index (κ2) is 4.95. The third kappa shape index (κ3) is 2.53. The highest BCUT2D eigenvalue weighted by Gasteiger charge is 2.39. The molecule has 10 heteroatoms. The Kier molecular flexibility index (Phi) is 3.24. The fourth-order valence-corrected chi connectivity index (χ4v) is 2.19. The van der Waals surface area contributed by atoms with Crippen LogP contribution in [0.1, 0.15) is 17.3 Å². The highest BCUT2D eigenvalue weighted by atomic mass is 19.4.